The first kappa shape index (κ1) is 12.7. The van der Waals surface area contributed by atoms with Crippen molar-refractivity contribution in [1.82, 2.24) is 15.5 Å². The predicted octanol–water partition coefficient (Wildman–Crippen LogP) is 2.86. The Kier molecular flexibility index (Phi) is 3.65. The predicted molar refractivity (Wildman–Crippen MR) is 79.6 cm³/mol. The third-order valence-electron chi connectivity index (χ3n) is 3.32. The van der Waals surface area contributed by atoms with Gasteiger partial charge < -0.3 is 10.1 Å². The summed E-state index contributed by atoms with van der Waals surface area (Å²) < 4.78 is 5.24. The lowest BCUT2D eigenvalue weighted by atomic mass is 10.1. The summed E-state index contributed by atoms with van der Waals surface area (Å²) in [7, 11) is 1.69. The second kappa shape index (κ2) is 5.75. The fourth-order valence-electron chi connectivity index (χ4n) is 2.24. The van der Waals surface area contributed by atoms with Gasteiger partial charge in [0.05, 0.1) is 13.3 Å². The molecule has 0 saturated carbocycles. The van der Waals surface area contributed by atoms with Crippen molar-refractivity contribution in [3.05, 3.63) is 59.9 Å². The number of nitrogens with zero attached hydrogens (tertiary/aromatic N) is 1. The number of ether oxygens (including phenoxy) is 1. The van der Waals surface area contributed by atoms with Crippen LogP contribution < -0.4 is 10.1 Å². The molecule has 0 fully saturated rings. The van der Waals surface area contributed by atoms with E-state index in [9.17, 15) is 0 Å². The molecule has 20 heavy (non-hydrogen) atoms. The van der Waals surface area contributed by atoms with Crippen LogP contribution in [0, 0.1) is 0 Å². The SMILES string of the molecule is COc1ccc2cc(CNCc3cn[nH]c3)ccc2c1. The molecule has 0 atom stereocenters. The molecular weight excluding hydrogens is 250 g/mol. The Bertz CT molecular complexity index is 692. The van der Waals surface area contributed by atoms with E-state index in [0.717, 1.165) is 24.4 Å². The maximum absolute atomic E-state index is 5.24. The normalized spacial score (nSPS) is 10.8. The van der Waals surface area contributed by atoms with Crippen LogP contribution in [0.1, 0.15) is 11.1 Å². The van der Waals surface area contributed by atoms with Crippen LogP contribution >= 0.6 is 0 Å². The lowest BCUT2D eigenvalue weighted by Crippen LogP contribution is -2.12. The van der Waals surface area contributed by atoms with E-state index in [4.69, 9.17) is 4.74 Å². The molecule has 2 N–H and O–H groups in total. The van der Waals surface area contributed by atoms with Gasteiger partial charge in [-0.1, -0.05) is 18.2 Å². The molecule has 0 aliphatic carbocycles. The van der Waals surface area contributed by atoms with Crippen LogP contribution in [-0.4, -0.2) is 17.3 Å². The summed E-state index contributed by atoms with van der Waals surface area (Å²) in [4.78, 5) is 0. The Balaban J connectivity index is 1.69. The molecule has 0 amide bonds. The minimum absolute atomic E-state index is 0.817. The van der Waals surface area contributed by atoms with E-state index in [-0.39, 0.29) is 0 Å². The average molecular weight is 267 g/mol. The lowest BCUT2D eigenvalue weighted by Gasteiger charge is -2.06. The summed E-state index contributed by atoms with van der Waals surface area (Å²) in [5.41, 5.74) is 2.43. The molecular formula is C16H17N3O. The topological polar surface area (TPSA) is 49.9 Å². The van der Waals surface area contributed by atoms with Crippen LogP contribution in [0.25, 0.3) is 10.8 Å². The van der Waals surface area contributed by atoms with Crippen LogP contribution in [-0.2, 0) is 13.1 Å². The van der Waals surface area contributed by atoms with Gasteiger partial charge in [-0.2, -0.15) is 5.10 Å². The molecule has 0 spiro atoms. The van der Waals surface area contributed by atoms with Crippen LogP contribution in [0.15, 0.2) is 48.8 Å². The Labute approximate surface area is 117 Å². The number of aromatic amines is 1. The first-order valence-corrected chi connectivity index (χ1v) is 6.60. The molecule has 0 aliphatic rings. The third kappa shape index (κ3) is 2.81. The van der Waals surface area contributed by atoms with E-state index in [1.54, 1.807) is 7.11 Å². The lowest BCUT2D eigenvalue weighted by molar-refractivity contribution is 0.415. The fraction of sp³-hybridized carbons (Fsp3) is 0.188. The summed E-state index contributed by atoms with van der Waals surface area (Å²) in [5.74, 6) is 0.892. The maximum Gasteiger partial charge on any atom is 0.119 e. The van der Waals surface area contributed by atoms with Gasteiger partial charge in [-0.15, -0.1) is 0 Å². The van der Waals surface area contributed by atoms with Crippen LogP contribution in [0.3, 0.4) is 0 Å². The first-order valence-electron chi connectivity index (χ1n) is 6.60. The number of H-pyrrole nitrogens is 1. The van der Waals surface area contributed by atoms with Gasteiger partial charge in [0.2, 0.25) is 0 Å². The van der Waals surface area contributed by atoms with E-state index >= 15 is 0 Å². The summed E-state index contributed by atoms with van der Waals surface area (Å²) in [6.07, 6.45) is 3.74. The summed E-state index contributed by atoms with van der Waals surface area (Å²) in [6, 6.07) is 12.6. The van der Waals surface area contributed by atoms with Crippen molar-refractivity contribution in [2.45, 2.75) is 13.1 Å². The van der Waals surface area contributed by atoms with Gasteiger partial charge in [0.25, 0.3) is 0 Å². The molecule has 2 aromatic carbocycles. The molecule has 3 aromatic rings. The van der Waals surface area contributed by atoms with Crippen molar-refractivity contribution in [2.24, 2.45) is 0 Å². The number of nitrogens with one attached hydrogen (secondary N) is 2. The zero-order valence-corrected chi connectivity index (χ0v) is 11.4. The second-order valence-electron chi connectivity index (χ2n) is 4.76. The first-order chi connectivity index (χ1) is 9.85. The molecule has 0 saturated heterocycles. The Morgan fingerprint density at radius 3 is 2.65 bits per heavy atom. The number of hydrogen-bond donors (Lipinski definition) is 2. The molecule has 0 unspecified atom stereocenters. The largest absolute Gasteiger partial charge is 0.497 e. The van der Waals surface area contributed by atoms with Crippen molar-refractivity contribution in [2.75, 3.05) is 7.11 Å². The average Bonchev–Trinajstić information content (AvgIpc) is 3.00. The number of rotatable bonds is 5. The van der Waals surface area contributed by atoms with Crippen LogP contribution in [0.2, 0.25) is 0 Å². The molecule has 4 nitrogen and oxygen atoms in total. The Hall–Kier alpha value is -2.33. The number of benzene rings is 2. The highest BCUT2D eigenvalue weighted by atomic mass is 16.5. The van der Waals surface area contributed by atoms with Crippen LogP contribution in [0.4, 0.5) is 0 Å². The summed E-state index contributed by atoms with van der Waals surface area (Å²) >= 11 is 0. The van der Waals surface area contributed by atoms with Gasteiger partial charge in [0, 0.05) is 24.8 Å². The number of fused-ring (bicyclic) bond motifs is 1. The zero-order valence-electron chi connectivity index (χ0n) is 11.4. The molecule has 0 radical (unpaired) electrons. The zero-order chi connectivity index (χ0) is 13.8. The van der Waals surface area contributed by atoms with Crippen molar-refractivity contribution >= 4 is 10.8 Å². The van der Waals surface area contributed by atoms with Crippen LogP contribution in [0.5, 0.6) is 5.75 Å². The monoisotopic (exact) mass is 267 g/mol. The molecule has 4 heteroatoms. The summed E-state index contributed by atoms with van der Waals surface area (Å²) in [6.45, 7) is 1.66. The van der Waals surface area contributed by atoms with Crippen molar-refractivity contribution in [1.29, 1.82) is 0 Å². The van der Waals surface area contributed by atoms with E-state index in [2.05, 4.69) is 45.8 Å². The van der Waals surface area contributed by atoms with Gasteiger partial charge in [0.15, 0.2) is 0 Å². The molecule has 1 aromatic heterocycles. The van der Waals surface area contributed by atoms with Gasteiger partial charge in [-0.05, 0) is 34.5 Å². The van der Waals surface area contributed by atoms with E-state index in [1.165, 1.54) is 16.3 Å². The minimum Gasteiger partial charge on any atom is -0.497 e. The quantitative estimate of drug-likeness (QED) is 0.747. The Morgan fingerprint density at radius 1 is 1.05 bits per heavy atom. The van der Waals surface area contributed by atoms with E-state index < -0.39 is 0 Å². The highest BCUT2D eigenvalue weighted by molar-refractivity contribution is 5.84. The number of aromatic nitrogens is 2. The Morgan fingerprint density at radius 2 is 1.85 bits per heavy atom. The van der Waals surface area contributed by atoms with E-state index in [0.29, 0.717) is 0 Å². The van der Waals surface area contributed by atoms with Crippen molar-refractivity contribution in [3.63, 3.8) is 0 Å². The molecule has 0 aliphatic heterocycles. The number of hydrogen-bond acceptors (Lipinski definition) is 3. The van der Waals surface area contributed by atoms with Gasteiger partial charge in [-0.3, -0.25) is 5.10 Å². The second-order valence-corrected chi connectivity index (χ2v) is 4.76. The van der Waals surface area contributed by atoms with E-state index in [1.807, 2.05) is 18.5 Å². The fourth-order valence-corrected chi connectivity index (χ4v) is 2.24. The standard InChI is InChI=1S/C16H17N3O/c1-20-16-5-4-14-6-12(2-3-15(14)7-16)8-17-9-13-10-18-19-11-13/h2-7,10-11,17H,8-9H2,1H3,(H,18,19). The van der Waals surface area contributed by atoms with Crippen molar-refractivity contribution < 1.29 is 4.74 Å². The van der Waals surface area contributed by atoms with Gasteiger partial charge >= 0.3 is 0 Å². The molecule has 102 valence electrons. The minimum atomic E-state index is 0.817. The molecule has 1 heterocycles. The summed E-state index contributed by atoms with van der Waals surface area (Å²) in [5, 5.41) is 12.6. The smallest absolute Gasteiger partial charge is 0.119 e. The van der Waals surface area contributed by atoms with Gasteiger partial charge in [-0.25, -0.2) is 0 Å². The molecule has 0 bridgehead atoms. The highest BCUT2D eigenvalue weighted by Crippen LogP contribution is 2.21. The van der Waals surface area contributed by atoms with Gasteiger partial charge in [0.1, 0.15) is 5.75 Å². The maximum atomic E-state index is 5.24. The van der Waals surface area contributed by atoms with Crippen molar-refractivity contribution in [3.8, 4) is 5.75 Å². The highest BCUT2D eigenvalue weighted by Gasteiger charge is 1.99. The molecule has 3 rings (SSSR count). The number of methoxy groups -OCH3 is 1. The third-order valence-corrected chi connectivity index (χ3v) is 3.32.